The number of fused-ring (bicyclic) bond motifs is 1. The number of hydrogen-bond donors (Lipinski definition) is 1. The monoisotopic (exact) mass is 437 g/mol. The van der Waals surface area contributed by atoms with Crippen molar-refractivity contribution in [3.63, 3.8) is 0 Å². The zero-order chi connectivity index (χ0) is 21.5. The Hall–Kier alpha value is -2.97. The molecule has 1 N–H and O–H groups in total. The molecule has 1 atom stereocenters. The van der Waals surface area contributed by atoms with Gasteiger partial charge < -0.3 is 10.0 Å². The summed E-state index contributed by atoms with van der Waals surface area (Å²) in [6.45, 7) is 7.21. The number of halogens is 1. The minimum Gasteiger partial charge on any atom is -0.492 e. The summed E-state index contributed by atoms with van der Waals surface area (Å²) in [5, 5.41) is 15.3. The second-order valence-electron chi connectivity index (χ2n) is 7.96. The molecule has 1 aliphatic heterocycles. The Kier molecular flexibility index (Phi) is 5.11. The van der Waals surface area contributed by atoms with Crippen molar-refractivity contribution in [1.82, 2.24) is 19.5 Å². The van der Waals surface area contributed by atoms with Crippen molar-refractivity contribution in [3.8, 4) is 5.88 Å². The third kappa shape index (κ3) is 3.77. The Morgan fingerprint density at radius 2 is 1.77 bits per heavy atom. The first kappa shape index (κ1) is 20.0. The summed E-state index contributed by atoms with van der Waals surface area (Å²) in [6.07, 6.45) is 0. The highest BCUT2D eigenvalue weighted by Crippen LogP contribution is 2.40. The quantitative estimate of drug-likeness (QED) is 0.520. The van der Waals surface area contributed by atoms with Crippen molar-refractivity contribution >= 4 is 22.0 Å². The summed E-state index contributed by atoms with van der Waals surface area (Å²) in [5.41, 5.74) is 3.36. The predicted octanol–water partition coefficient (Wildman–Crippen LogP) is 4.16. The second-order valence-corrected chi connectivity index (χ2v) is 8.97. The van der Waals surface area contributed by atoms with Gasteiger partial charge in [-0.15, -0.1) is 5.10 Å². The summed E-state index contributed by atoms with van der Waals surface area (Å²) in [6, 6.07) is 15.0. The van der Waals surface area contributed by atoms with Crippen molar-refractivity contribution in [2.75, 3.05) is 31.1 Å². The molecular formula is C23H24FN5OS. The van der Waals surface area contributed by atoms with Crippen LogP contribution in [-0.4, -0.2) is 50.8 Å². The van der Waals surface area contributed by atoms with Gasteiger partial charge in [0.05, 0.1) is 10.9 Å². The lowest BCUT2D eigenvalue weighted by atomic mass is 10.0. The molecule has 0 unspecified atom stereocenters. The molecule has 1 fully saturated rings. The summed E-state index contributed by atoms with van der Waals surface area (Å²) in [7, 11) is 0. The molecule has 0 aliphatic carbocycles. The lowest BCUT2D eigenvalue weighted by Crippen LogP contribution is -2.47. The maximum absolute atomic E-state index is 13.3. The van der Waals surface area contributed by atoms with Crippen LogP contribution in [0.2, 0.25) is 0 Å². The van der Waals surface area contributed by atoms with Gasteiger partial charge in [-0.05, 0) is 43.7 Å². The maximum atomic E-state index is 13.3. The van der Waals surface area contributed by atoms with E-state index in [1.54, 1.807) is 0 Å². The number of piperazine rings is 1. The number of aromatic hydroxyl groups is 1. The number of benzene rings is 2. The molecule has 6 nitrogen and oxygen atoms in total. The SMILES string of the molecule is Cc1cccc([C@H](c2sc3nc(C)nn3c2O)N2CCN(c3ccc(F)cc3)CC2)c1. The van der Waals surface area contributed by atoms with Crippen molar-refractivity contribution in [1.29, 1.82) is 0 Å². The average molecular weight is 438 g/mol. The van der Waals surface area contributed by atoms with E-state index in [0.29, 0.717) is 10.8 Å². The smallest absolute Gasteiger partial charge is 0.230 e. The van der Waals surface area contributed by atoms with E-state index in [1.165, 1.54) is 33.5 Å². The Labute approximate surface area is 184 Å². The lowest BCUT2D eigenvalue weighted by Gasteiger charge is -2.40. The van der Waals surface area contributed by atoms with E-state index < -0.39 is 0 Å². The largest absolute Gasteiger partial charge is 0.492 e. The Bertz CT molecular complexity index is 1210. The molecule has 0 bridgehead atoms. The van der Waals surface area contributed by atoms with E-state index in [1.807, 2.05) is 19.1 Å². The number of anilines is 1. The van der Waals surface area contributed by atoms with Crippen LogP contribution in [0.4, 0.5) is 10.1 Å². The minimum atomic E-state index is -0.219. The third-order valence-electron chi connectivity index (χ3n) is 5.78. The van der Waals surface area contributed by atoms with E-state index >= 15 is 0 Å². The third-order valence-corrected chi connectivity index (χ3v) is 6.86. The first-order valence-corrected chi connectivity index (χ1v) is 11.2. The van der Waals surface area contributed by atoms with Gasteiger partial charge in [-0.3, -0.25) is 4.90 Å². The molecule has 0 radical (unpaired) electrons. The molecule has 0 spiro atoms. The molecule has 31 heavy (non-hydrogen) atoms. The Morgan fingerprint density at radius 1 is 1.03 bits per heavy atom. The Balaban J connectivity index is 1.47. The topological polar surface area (TPSA) is 56.9 Å². The zero-order valence-electron chi connectivity index (χ0n) is 17.5. The molecule has 8 heteroatoms. The molecule has 3 heterocycles. The molecule has 2 aromatic carbocycles. The number of thiazole rings is 1. The maximum Gasteiger partial charge on any atom is 0.230 e. The van der Waals surface area contributed by atoms with Gasteiger partial charge in [-0.2, -0.15) is 4.52 Å². The summed E-state index contributed by atoms with van der Waals surface area (Å²) < 4.78 is 14.8. The van der Waals surface area contributed by atoms with Crippen LogP contribution in [0.1, 0.15) is 27.9 Å². The summed E-state index contributed by atoms with van der Waals surface area (Å²) >= 11 is 1.49. The van der Waals surface area contributed by atoms with E-state index in [-0.39, 0.29) is 17.7 Å². The fourth-order valence-electron chi connectivity index (χ4n) is 4.28. The highest BCUT2D eigenvalue weighted by Gasteiger charge is 2.31. The number of hydrogen-bond acceptors (Lipinski definition) is 6. The summed E-state index contributed by atoms with van der Waals surface area (Å²) in [5.74, 6) is 0.588. The molecule has 160 valence electrons. The van der Waals surface area contributed by atoms with Crippen LogP contribution in [0.15, 0.2) is 48.5 Å². The van der Waals surface area contributed by atoms with Gasteiger partial charge in [0.1, 0.15) is 11.6 Å². The van der Waals surface area contributed by atoms with Crippen molar-refractivity contribution in [2.45, 2.75) is 19.9 Å². The van der Waals surface area contributed by atoms with Crippen LogP contribution >= 0.6 is 11.3 Å². The van der Waals surface area contributed by atoms with Gasteiger partial charge in [0.15, 0.2) is 0 Å². The van der Waals surface area contributed by atoms with E-state index in [2.05, 4.69) is 51.1 Å². The average Bonchev–Trinajstić information content (AvgIpc) is 3.27. The first-order chi connectivity index (χ1) is 15.0. The number of aryl methyl sites for hydroxylation is 2. The van der Waals surface area contributed by atoms with Crippen molar-refractivity contribution in [3.05, 3.63) is 76.2 Å². The van der Waals surface area contributed by atoms with Crippen LogP contribution in [0, 0.1) is 19.7 Å². The van der Waals surface area contributed by atoms with Crippen LogP contribution in [0.3, 0.4) is 0 Å². The van der Waals surface area contributed by atoms with E-state index in [9.17, 15) is 9.50 Å². The molecule has 1 saturated heterocycles. The predicted molar refractivity (Wildman–Crippen MR) is 120 cm³/mol. The van der Waals surface area contributed by atoms with Gasteiger partial charge >= 0.3 is 0 Å². The van der Waals surface area contributed by atoms with E-state index in [0.717, 1.165) is 42.3 Å². The second kappa shape index (κ2) is 7.94. The summed E-state index contributed by atoms with van der Waals surface area (Å²) in [4.78, 5) is 10.7. The number of rotatable bonds is 4. The first-order valence-electron chi connectivity index (χ1n) is 10.4. The highest BCUT2D eigenvalue weighted by molar-refractivity contribution is 7.17. The molecule has 0 saturated carbocycles. The number of aromatic nitrogens is 3. The fourth-order valence-corrected chi connectivity index (χ4v) is 5.45. The van der Waals surface area contributed by atoms with Gasteiger partial charge in [0, 0.05) is 31.9 Å². The van der Waals surface area contributed by atoms with Crippen molar-refractivity contribution < 1.29 is 9.50 Å². The minimum absolute atomic E-state index is 0.0796. The number of nitrogens with zero attached hydrogens (tertiary/aromatic N) is 5. The zero-order valence-corrected chi connectivity index (χ0v) is 18.3. The molecule has 0 amide bonds. The fraction of sp³-hybridized carbons (Fsp3) is 0.304. The molecular weight excluding hydrogens is 413 g/mol. The standard InChI is InChI=1S/C23H24FN5OS/c1-15-4-3-5-17(14-15)20(21-22(30)29-23(31-21)25-16(2)26-29)28-12-10-27(11-13-28)19-8-6-18(24)7-9-19/h3-9,14,20,30H,10-13H2,1-2H3/t20-/m1/s1. The van der Waals surface area contributed by atoms with Crippen LogP contribution in [-0.2, 0) is 0 Å². The van der Waals surface area contributed by atoms with Gasteiger partial charge in [-0.25, -0.2) is 9.37 Å². The van der Waals surface area contributed by atoms with Crippen LogP contribution in [0.25, 0.3) is 4.96 Å². The Morgan fingerprint density at radius 3 is 2.45 bits per heavy atom. The molecule has 2 aromatic heterocycles. The van der Waals surface area contributed by atoms with Crippen molar-refractivity contribution in [2.24, 2.45) is 0 Å². The van der Waals surface area contributed by atoms with Gasteiger partial charge in [0.2, 0.25) is 10.8 Å². The van der Waals surface area contributed by atoms with Crippen LogP contribution in [0.5, 0.6) is 5.88 Å². The van der Waals surface area contributed by atoms with Gasteiger partial charge in [0.25, 0.3) is 0 Å². The normalized spacial score (nSPS) is 16.2. The van der Waals surface area contributed by atoms with Crippen LogP contribution < -0.4 is 4.90 Å². The molecule has 1 aliphatic rings. The molecule has 5 rings (SSSR count). The van der Waals surface area contributed by atoms with E-state index in [4.69, 9.17) is 0 Å². The lowest BCUT2D eigenvalue weighted by molar-refractivity contribution is 0.211. The highest BCUT2D eigenvalue weighted by atomic mass is 32.1. The molecule has 4 aromatic rings. The van der Waals surface area contributed by atoms with Gasteiger partial charge in [-0.1, -0.05) is 41.2 Å².